The number of carbonyl (C=O) groups is 2. The Balaban J connectivity index is 1.40. The molecule has 2 fully saturated rings. The summed E-state index contributed by atoms with van der Waals surface area (Å²) in [6.07, 6.45) is 3.68. The summed E-state index contributed by atoms with van der Waals surface area (Å²) in [5.74, 6) is -0.286. The number of urea groups is 2. The van der Waals surface area contributed by atoms with E-state index >= 15 is 0 Å². The Kier molecular flexibility index (Phi) is 5.57. The fourth-order valence-electron chi connectivity index (χ4n) is 4.02. The Morgan fingerprint density at radius 1 is 1.28 bits per heavy atom. The lowest BCUT2D eigenvalue weighted by molar-refractivity contribution is 0.0685. The number of hydrogen-bond acceptors (Lipinski definition) is 3. The smallest absolute Gasteiger partial charge is 0.341 e. The molecule has 1 aromatic carbocycles. The van der Waals surface area contributed by atoms with Crippen LogP contribution in [0.5, 0.6) is 0 Å². The predicted molar refractivity (Wildman–Crippen MR) is 105 cm³/mol. The van der Waals surface area contributed by atoms with Gasteiger partial charge in [0, 0.05) is 35.7 Å². The molecule has 2 heterocycles. The third-order valence-electron chi connectivity index (χ3n) is 5.51. The summed E-state index contributed by atoms with van der Waals surface area (Å²) < 4.78 is 13.4. The SMILES string of the molecule is CONC(=O)N1CCC[C@@H](N(C(=O)NCc2cc3cc(F)ccc3[nH]2)C2CC2)C1. The molecular formula is C20H26FN5O3. The number of aromatic nitrogens is 1. The van der Waals surface area contributed by atoms with Crippen molar-refractivity contribution in [1.82, 2.24) is 25.6 Å². The lowest BCUT2D eigenvalue weighted by atomic mass is 10.0. The van der Waals surface area contributed by atoms with Gasteiger partial charge in [0.25, 0.3) is 0 Å². The average molecular weight is 403 g/mol. The lowest BCUT2D eigenvalue weighted by Crippen LogP contribution is -2.56. The molecule has 1 aliphatic heterocycles. The second-order valence-corrected chi connectivity index (χ2v) is 7.68. The van der Waals surface area contributed by atoms with Crippen LogP contribution in [-0.2, 0) is 11.4 Å². The van der Waals surface area contributed by atoms with E-state index in [1.165, 1.54) is 19.2 Å². The Labute approximate surface area is 168 Å². The van der Waals surface area contributed by atoms with Crippen molar-refractivity contribution in [3.05, 3.63) is 35.8 Å². The van der Waals surface area contributed by atoms with Crippen LogP contribution >= 0.6 is 0 Å². The predicted octanol–water partition coefficient (Wildman–Crippen LogP) is 2.72. The Morgan fingerprint density at radius 2 is 2.10 bits per heavy atom. The Bertz CT molecular complexity index is 897. The Morgan fingerprint density at radius 3 is 2.86 bits per heavy atom. The molecule has 9 heteroatoms. The van der Waals surface area contributed by atoms with Crippen molar-refractivity contribution >= 4 is 23.0 Å². The number of hydroxylamine groups is 1. The number of aromatic amines is 1. The zero-order valence-electron chi connectivity index (χ0n) is 16.4. The number of rotatable bonds is 5. The van der Waals surface area contributed by atoms with Crippen LogP contribution in [0.25, 0.3) is 10.9 Å². The van der Waals surface area contributed by atoms with E-state index in [9.17, 15) is 14.0 Å². The van der Waals surface area contributed by atoms with Crippen molar-refractivity contribution in [2.75, 3.05) is 20.2 Å². The highest BCUT2D eigenvalue weighted by Crippen LogP contribution is 2.31. The van der Waals surface area contributed by atoms with Crippen molar-refractivity contribution in [1.29, 1.82) is 0 Å². The van der Waals surface area contributed by atoms with E-state index in [1.807, 2.05) is 11.0 Å². The van der Waals surface area contributed by atoms with E-state index in [-0.39, 0.29) is 30.0 Å². The van der Waals surface area contributed by atoms with Gasteiger partial charge in [-0.1, -0.05) is 0 Å². The summed E-state index contributed by atoms with van der Waals surface area (Å²) in [5.41, 5.74) is 4.00. The van der Waals surface area contributed by atoms with Gasteiger partial charge in [-0.2, -0.15) is 0 Å². The van der Waals surface area contributed by atoms with E-state index in [4.69, 9.17) is 4.84 Å². The molecule has 2 aromatic rings. The minimum atomic E-state index is -0.286. The topological polar surface area (TPSA) is 89.7 Å². The first-order chi connectivity index (χ1) is 14.0. The molecule has 29 heavy (non-hydrogen) atoms. The third-order valence-corrected chi connectivity index (χ3v) is 5.51. The second kappa shape index (κ2) is 8.28. The summed E-state index contributed by atoms with van der Waals surface area (Å²) in [6, 6.07) is 6.21. The lowest BCUT2D eigenvalue weighted by Gasteiger charge is -2.39. The molecule has 0 unspecified atom stereocenters. The van der Waals surface area contributed by atoms with Gasteiger partial charge in [-0.15, -0.1) is 0 Å². The molecule has 1 saturated carbocycles. The van der Waals surface area contributed by atoms with Gasteiger partial charge < -0.3 is 20.1 Å². The van der Waals surface area contributed by atoms with Crippen molar-refractivity contribution in [2.24, 2.45) is 0 Å². The van der Waals surface area contributed by atoms with Gasteiger partial charge in [-0.05, 0) is 49.9 Å². The van der Waals surface area contributed by atoms with Crippen LogP contribution < -0.4 is 10.8 Å². The number of halogens is 1. The highest BCUT2D eigenvalue weighted by atomic mass is 19.1. The highest BCUT2D eigenvalue weighted by molar-refractivity contribution is 5.81. The molecule has 3 N–H and O–H groups in total. The molecule has 0 spiro atoms. The van der Waals surface area contributed by atoms with Crippen LogP contribution in [0.4, 0.5) is 14.0 Å². The molecule has 0 bridgehead atoms. The fourth-order valence-corrected chi connectivity index (χ4v) is 4.02. The minimum absolute atomic E-state index is 0.0179. The zero-order valence-corrected chi connectivity index (χ0v) is 16.4. The van der Waals surface area contributed by atoms with Crippen LogP contribution in [0.15, 0.2) is 24.3 Å². The second-order valence-electron chi connectivity index (χ2n) is 7.68. The number of carbonyl (C=O) groups excluding carboxylic acids is 2. The number of amides is 4. The monoisotopic (exact) mass is 403 g/mol. The number of hydrogen-bond donors (Lipinski definition) is 3. The first-order valence-electron chi connectivity index (χ1n) is 9.96. The minimum Gasteiger partial charge on any atom is -0.357 e. The molecule has 156 valence electrons. The number of nitrogens with one attached hydrogen (secondary N) is 3. The summed E-state index contributed by atoms with van der Waals surface area (Å²) in [5, 5.41) is 3.76. The largest absolute Gasteiger partial charge is 0.357 e. The molecular weight excluding hydrogens is 377 g/mol. The van der Waals surface area contributed by atoms with E-state index in [1.54, 1.807) is 11.0 Å². The van der Waals surface area contributed by atoms with Crippen molar-refractivity contribution < 1.29 is 18.8 Å². The maximum atomic E-state index is 13.4. The number of piperidine rings is 1. The van der Waals surface area contributed by atoms with E-state index in [0.29, 0.717) is 19.6 Å². The van der Waals surface area contributed by atoms with Crippen LogP contribution in [0, 0.1) is 5.82 Å². The van der Waals surface area contributed by atoms with Gasteiger partial charge in [0.1, 0.15) is 5.82 Å². The van der Waals surface area contributed by atoms with Crippen LogP contribution in [0.1, 0.15) is 31.4 Å². The van der Waals surface area contributed by atoms with Crippen LogP contribution in [-0.4, -0.2) is 59.1 Å². The van der Waals surface area contributed by atoms with Crippen LogP contribution in [0.2, 0.25) is 0 Å². The van der Waals surface area contributed by atoms with E-state index in [2.05, 4.69) is 15.8 Å². The fraction of sp³-hybridized carbons (Fsp3) is 0.500. The molecule has 1 aliphatic carbocycles. The maximum Gasteiger partial charge on any atom is 0.341 e. The van der Waals surface area contributed by atoms with Gasteiger partial charge in [0.15, 0.2) is 0 Å². The maximum absolute atomic E-state index is 13.4. The van der Waals surface area contributed by atoms with Gasteiger partial charge in [0.2, 0.25) is 0 Å². The summed E-state index contributed by atoms with van der Waals surface area (Å²) in [4.78, 5) is 36.6. The summed E-state index contributed by atoms with van der Waals surface area (Å²) >= 11 is 0. The molecule has 1 atom stereocenters. The molecule has 1 aromatic heterocycles. The average Bonchev–Trinajstić information content (AvgIpc) is 3.45. The van der Waals surface area contributed by atoms with Crippen molar-refractivity contribution in [2.45, 2.75) is 44.3 Å². The molecule has 4 rings (SSSR count). The molecule has 8 nitrogen and oxygen atoms in total. The number of likely N-dealkylation sites (tertiary alicyclic amines) is 1. The molecule has 4 amide bonds. The summed E-state index contributed by atoms with van der Waals surface area (Å²) in [6.45, 7) is 1.47. The summed E-state index contributed by atoms with van der Waals surface area (Å²) in [7, 11) is 1.40. The molecule has 1 saturated heterocycles. The van der Waals surface area contributed by atoms with Gasteiger partial charge >= 0.3 is 12.1 Å². The quantitative estimate of drug-likeness (QED) is 0.671. The van der Waals surface area contributed by atoms with Gasteiger partial charge in [0.05, 0.1) is 19.7 Å². The first kappa shape index (κ1) is 19.5. The third kappa shape index (κ3) is 4.45. The highest BCUT2D eigenvalue weighted by Gasteiger charge is 2.39. The number of nitrogens with zero attached hydrogens (tertiary/aromatic N) is 2. The van der Waals surface area contributed by atoms with Gasteiger partial charge in [-0.25, -0.2) is 19.5 Å². The van der Waals surface area contributed by atoms with Crippen LogP contribution in [0.3, 0.4) is 0 Å². The Hall–Kier alpha value is -2.81. The normalized spacial score (nSPS) is 19.2. The van der Waals surface area contributed by atoms with Crippen molar-refractivity contribution in [3.63, 3.8) is 0 Å². The van der Waals surface area contributed by atoms with E-state index < -0.39 is 0 Å². The molecule has 2 aliphatic rings. The zero-order chi connectivity index (χ0) is 20.4. The number of fused-ring (bicyclic) bond motifs is 1. The van der Waals surface area contributed by atoms with E-state index in [0.717, 1.165) is 42.3 Å². The number of benzene rings is 1. The number of H-pyrrole nitrogens is 1. The van der Waals surface area contributed by atoms with Gasteiger partial charge in [-0.3, -0.25) is 4.84 Å². The first-order valence-corrected chi connectivity index (χ1v) is 9.96. The molecule has 0 radical (unpaired) electrons. The standard InChI is InChI=1S/C20H26FN5O3/c1-29-24-20(28)25-8-2-3-17(12-25)26(16-5-6-16)19(27)22-11-15-10-13-9-14(21)4-7-18(13)23-15/h4,7,9-10,16-17,23H,2-3,5-6,8,11-12H2,1H3,(H,22,27)(H,24,28)/t17-/m1/s1. The van der Waals surface area contributed by atoms with Crippen molar-refractivity contribution in [3.8, 4) is 0 Å².